The van der Waals surface area contributed by atoms with Crippen molar-refractivity contribution in [1.29, 1.82) is 0 Å². The molecule has 1 aromatic carbocycles. The Morgan fingerprint density at radius 1 is 1.38 bits per heavy atom. The van der Waals surface area contributed by atoms with E-state index in [4.69, 9.17) is 0 Å². The van der Waals surface area contributed by atoms with Crippen LogP contribution in [-0.4, -0.2) is 35.2 Å². The van der Waals surface area contributed by atoms with Crippen LogP contribution in [-0.2, 0) is 6.18 Å². The minimum atomic E-state index is -4.49. The quantitative estimate of drug-likeness (QED) is 0.847. The van der Waals surface area contributed by atoms with Crippen LogP contribution in [0.15, 0.2) is 24.3 Å². The van der Waals surface area contributed by atoms with E-state index in [1.807, 2.05) is 6.26 Å². The Morgan fingerprint density at radius 3 is 2.62 bits per heavy atom. The number of nitrogens with one attached hydrogen (secondary N) is 1. The van der Waals surface area contributed by atoms with Crippen LogP contribution in [0, 0.1) is 0 Å². The second-order valence-corrected chi connectivity index (χ2v) is 5.99. The van der Waals surface area contributed by atoms with Gasteiger partial charge in [-0.3, -0.25) is 4.79 Å². The lowest BCUT2D eigenvalue weighted by molar-refractivity contribution is -0.137. The predicted octanol–water partition coefficient (Wildman–Crippen LogP) is 2.94. The summed E-state index contributed by atoms with van der Waals surface area (Å²) in [7, 11) is 0. The summed E-state index contributed by atoms with van der Waals surface area (Å²) in [6.45, 7) is 1.57. The molecule has 0 aromatic heterocycles. The van der Waals surface area contributed by atoms with Gasteiger partial charge in [0.05, 0.1) is 11.2 Å². The standard InChI is InChI=1S/C14H18F3NO2S/c1-13(20,6-7-21-2)9-18-12(19)10-4-3-5-11(8-10)14(15,16)17/h3-5,8,20H,6-7,9H2,1-2H3,(H,18,19)/t13-/m1/s1. The van der Waals surface area contributed by atoms with Gasteiger partial charge in [-0.2, -0.15) is 24.9 Å². The van der Waals surface area contributed by atoms with Gasteiger partial charge in [0.1, 0.15) is 0 Å². The monoisotopic (exact) mass is 321 g/mol. The Labute approximate surface area is 125 Å². The molecule has 2 N–H and O–H groups in total. The summed E-state index contributed by atoms with van der Waals surface area (Å²) in [4.78, 5) is 11.8. The molecule has 0 saturated heterocycles. The maximum Gasteiger partial charge on any atom is 0.416 e. The normalized spacial score (nSPS) is 14.6. The number of hydrogen-bond donors (Lipinski definition) is 2. The van der Waals surface area contributed by atoms with Crippen molar-refractivity contribution >= 4 is 17.7 Å². The smallest absolute Gasteiger partial charge is 0.388 e. The third kappa shape index (κ3) is 5.97. The Kier molecular flexibility index (Phi) is 6.10. The molecular weight excluding hydrogens is 303 g/mol. The first-order chi connectivity index (χ1) is 9.65. The van der Waals surface area contributed by atoms with Crippen LogP contribution in [0.5, 0.6) is 0 Å². The molecule has 21 heavy (non-hydrogen) atoms. The second kappa shape index (κ2) is 7.17. The molecule has 0 radical (unpaired) electrons. The number of carbonyl (C=O) groups is 1. The van der Waals surface area contributed by atoms with Crippen molar-refractivity contribution in [2.75, 3.05) is 18.6 Å². The van der Waals surface area contributed by atoms with Crippen LogP contribution in [0.1, 0.15) is 29.3 Å². The number of hydrogen-bond acceptors (Lipinski definition) is 3. The molecule has 1 rings (SSSR count). The lowest BCUT2D eigenvalue weighted by Crippen LogP contribution is -2.41. The minimum Gasteiger partial charge on any atom is -0.388 e. The molecule has 0 bridgehead atoms. The molecule has 0 spiro atoms. The lowest BCUT2D eigenvalue weighted by Gasteiger charge is -2.23. The van der Waals surface area contributed by atoms with Crippen LogP contribution in [0.25, 0.3) is 0 Å². The van der Waals surface area contributed by atoms with E-state index < -0.39 is 23.2 Å². The van der Waals surface area contributed by atoms with Crippen LogP contribution >= 0.6 is 11.8 Å². The molecule has 3 nitrogen and oxygen atoms in total. The summed E-state index contributed by atoms with van der Waals surface area (Å²) in [5.74, 6) is 0.0948. The van der Waals surface area contributed by atoms with Gasteiger partial charge in [-0.25, -0.2) is 0 Å². The van der Waals surface area contributed by atoms with E-state index in [0.717, 1.165) is 17.9 Å². The highest BCUT2D eigenvalue weighted by Crippen LogP contribution is 2.29. The van der Waals surface area contributed by atoms with E-state index in [-0.39, 0.29) is 12.1 Å². The number of benzene rings is 1. The van der Waals surface area contributed by atoms with Crippen LogP contribution < -0.4 is 5.32 Å². The van der Waals surface area contributed by atoms with Gasteiger partial charge in [0.2, 0.25) is 0 Å². The predicted molar refractivity (Wildman–Crippen MR) is 77.4 cm³/mol. The van der Waals surface area contributed by atoms with Crippen molar-refractivity contribution in [3.05, 3.63) is 35.4 Å². The SMILES string of the molecule is CSCC[C@@](C)(O)CNC(=O)c1cccc(C(F)(F)F)c1. The Hall–Kier alpha value is -1.21. The van der Waals surface area contributed by atoms with Crippen molar-refractivity contribution in [2.45, 2.75) is 25.1 Å². The molecule has 0 unspecified atom stereocenters. The first-order valence-electron chi connectivity index (χ1n) is 6.32. The van der Waals surface area contributed by atoms with Crippen molar-refractivity contribution in [2.24, 2.45) is 0 Å². The van der Waals surface area contributed by atoms with Gasteiger partial charge < -0.3 is 10.4 Å². The van der Waals surface area contributed by atoms with Crippen LogP contribution in [0.4, 0.5) is 13.2 Å². The van der Waals surface area contributed by atoms with Crippen molar-refractivity contribution in [1.82, 2.24) is 5.32 Å². The summed E-state index contributed by atoms with van der Waals surface area (Å²) >= 11 is 1.57. The topological polar surface area (TPSA) is 49.3 Å². The third-order valence-electron chi connectivity index (χ3n) is 2.93. The Balaban J connectivity index is 2.68. The van der Waals surface area contributed by atoms with Crippen LogP contribution in [0.2, 0.25) is 0 Å². The second-order valence-electron chi connectivity index (χ2n) is 5.00. The number of thioether (sulfide) groups is 1. The number of rotatable bonds is 6. The molecule has 1 amide bonds. The molecule has 7 heteroatoms. The van der Waals surface area contributed by atoms with Gasteiger partial charge in [-0.1, -0.05) is 6.07 Å². The van der Waals surface area contributed by atoms with Crippen molar-refractivity contribution in [3.8, 4) is 0 Å². The molecule has 0 aliphatic carbocycles. The zero-order valence-corrected chi connectivity index (χ0v) is 12.6. The van der Waals surface area contributed by atoms with Gasteiger partial charge in [-0.15, -0.1) is 0 Å². The first-order valence-corrected chi connectivity index (χ1v) is 7.72. The number of aliphatic hydroxyl groups is 1. The molecule has 118 valence electrons. The number of halogens is 3. The molecule has 0 saturated carbocycles. The van der Waals surface area contributed by atoms with Crippen molar-refractivity contribution < 1.29 is 23.1 Å². The average Bonchev–Trinajstić information content (AvgIpc) is 2.42. The van der Waals surface area contributed by atoms with Gasteiger partial charge in [0.25, 0.3) is 5.91 Å². The molecule has 0 aliphatic rings. The fourth-order valence-corrected chi connectivity index (χ4v) is 2.26. The van der Waals surface area contributed by atoms with E-state index >= 15 is 0 Å². The molecule has 0 fully saturated rings. The number of carbonyl (C=O) groups excluding carboxylic acids is 1. The summed E-state index contributed by atoms with van der Waals surface area (Å²) in [5.41, 5.74) is -2.03. The lowest BCUT2D eigenvalue weighted by atomic mass is 10.0. The van der Waals surface area contributed by atoms with Gasteiger partial charge >= 0.3 is 6.18 Å². The number of alkyl halides is 3. The Morgan fingerprint density at radius 2 is 2.05 bits per heavy atom. The van der Waals surface area contributed by atoms with E-state index in [2.05, 4.69) is 5.32 Å². The van der Waals surface area contributed by atoms with Gasteiger partial charge in [0, 0.05) is 12.1 Å². The fourth-order valence-electron chi connectivity index (χ4n) is 1.62. The molecular formula is C14H18F3NO2S. The summed E-state index contributed by atoms with van der Waals surface area (Å²) in [5, 5.41) is 12.5. The summed E-state index contributed by atoms with van der Waals surface area (Å²) in [6, 6.07) is 4.20. The van der Waals surface area contributed by atoms with Crippen molar-refractivity contribution in [3.63, 3.8) is 0 Å². The Bertz CT molecular complexity index is 489. The van der Waals surface area contributed by atoms with Crippen LogP contribution in [0.3, 0.4) is 0 Å². The highest BCUT2D eigenvalue weighted by molar-refractivity contribution is 7.98. The summed E-state index contributed by atoms with van der Waals surface area (Å²) in [6.07, 6.45) is -2.10. The van der Waals surface area contributed by atoms with E-state index in [9.17, 15) is 23.1 Å². The van der Waals surface area contributed by atoms with Gasteiger partial charge in [-0.05, 0) is 43.6 Å². The first kappa shape index (κ1) is 17.8. The fraction of sp³-hybridized carbons (Fsp3) is 0.500. The zero-order chi connectivity index (χ0) is 16.1. The number of amides is 1. The minimum absolute atomic E-state index is 0.0113. The maximum absolute atomic E-state index is 12.6. The molecule has 1 atom stereocenters. The molecule has 0 aliphatic heterocycles. The molecule has 1 aromatic rings. The van der Waals surface area contributed by atoms with E-state index in [0.29, 0.717) is 6.42 Å². The maximum atomic E-state index is 12.6. The van der Waals surface area contributed by atoms with E-state index in [1.165, 1.54) is 12.1 Å². The zero-order valence-electron chi connectivity index (χ0n) is 11.8. The third-order valence-corrected chi connectivity index (χ3v) is 3.54. The highest BCUT2D eigenvalue weighted by atomic mass is 32.2. The highest BCUT2D eigenvalue weighted by Gasteiger charge is 2.31. The summed E-state index contributed by atoms with van der Waals surface area (Å²) < 4.78 is 37.7. The molecule has 0 heterocycles. The van der Waals surface area contributed by atoms with E-state index in [1.54, 1.807) is 18.7 Å². The van der Waals surface area contributed by atoms with Gasteiger partial charge in [0.15, 0.2) is 0 Å². The largest absolute Gasteiger partial charge is 0.416 e. The average molecular weight is 321 g/mol.